The molecule has 1 fully saturated rings. The highest BCUT2D eigenvalue weighted by atomic mass is 79.9. The fourth-order valence-corrected chi connectivity index (χ4v) is 4.56. The standard InChI is InChI=1S/C12H19BrN2S/c1-15-8-11(7-14-15)16-10-12(9-13)5-3-2-4-6-12/h7-8H,2-6,9-10H2,1H3. The third-order valence-corrected chi connectivity index (χ3v) is 5.91. The van der Waals surface area contributed by atoms with Crippen LogP contribution in [0.1, 0.15) is 32.1 Å². The van der Waals surface area contributed by atoms with Gasteiger partial charge in [0, 0.05) is 29.2 Å². The first kappa shape index (κ1) is 12.5. The number of halogens is 1. The van der Waals surface area contributed by atoms with Crippen molar-refractivity contribution in [3.05, 3.63) is 12.4 Å². The molecule has 0 N–H and O–H groups in total. The van der Waals surface area contributed by atoms with E-state index < -0.39 is 0 Å². The van der Waals surface area contributed by atoms with Crippen LogP contribution in [0.15, 0.2) is 17.3 Å². The Bertz CT molecular complexity index is 332. The molecule has 0 radical (unpaired) electrons. The van der Waals surface area contributed by atoms with Gasteiger partial charge in [0.2, 0.25) is 0 Å². The maximum absolute atomic E-state index is 4.21. The SMILES string of the molecule is Cn1cc(SCC2(CBr)CCCCC2)cn1. The van der Waals surface area contributed by atoms with Crippen molar-refractivity contribution in [1.29, 1.82) is 0 Å². The van der Waals surface area contributed by atoms with Gasteiger partial charge in [-0.1, -0.05) is 35.2 Å². The Kier molecular flexibility index (Phi) is 4.36. The first-order valence-corrected chi connectivity index (χ1v) is 8.02. The molecule has 0 bridgehead atoms. The van der Waals surface area contributed by atoms with Crippen LogP contribution in [-0.2, 0) is 7.05 Å². The second-order valence-corrected chi connectivity index (χ2v) is 6.44. The topological polar surface area (TPSA) is 17.8 Å². The zero-order valence-corrected chi connectivity index (χ0v) is 12.2. The van der Waals surface area contributed by atoms with E-state index in [1.807, 2.05) is 29.7 Å². The predicted octanol–water partition coefficient (Wildman–Crippen LogP) is 3.86. The Morgan fingerprint density at radius 3 is 2.75 bits per heavy atom. The van der Waals surface area contributed by atoms with Gasteiger partial charge in [-0.15, -0.1) is 11.8 Å². The maximum atomic E-state index is 4.21. The van der Waals surface area contributed by atoms with Crippen molar-refractivity contribution >= 4 is 27.7 Å². The van der Waals surface area contributed by atoms with E-state index in [0.717, 1.165) is 5.33 Å². The zero-order valence-electron chi connectivity index (χ0n) is 9.79. The molecular weight excluding hydrogens is 284 g/mol. The van der Waals surface area contributed by atoms with Crippen LogP contribution >= 0.6 is 27.7 Å². The molecular formula is C12H19BrN2S. The first-order valence-electron chi connectivity index (χ1n) is 5.92. The lowest BCUT2D eigenvalue weighted by molar-refractivity contribution is 0.260. The number of alkyl halides is 1. The van der Waals surface area contributed by atoms with Gasteiger partial charge in [-0.3, -0.25) is 4.68 Å². The summed E-state index contributed by atoms with van der Waals surface area (Å²) in [6.07, 6.45) is 11.1. The largest absolute Gasteiger partial charge is 0.275 e. The third-order valence-electron chi connectivity index (χ3n) is 3.42. The van der Waals surface area contributed by atoms with E-state index in [4.69, 9.17) is 0 Å². The number of aryl methyl sites for hydroxylation is 1. The maximum Gasteiger partial charge on any atom is 0.0625 e. The number of hydrogen-bond donors (Lipinski definition) is 0. The van der Waals surface area contributed by atoms with Crippen molar-refractivity contribution in [2.45, 2.75) is 37.0 Å². The minimum Gasteiger partial charge on any atom is -0.275 e. The lowest BCUT2D eigenvalue weighted by Crippen LogP contribution is -2.28. The van der Waals surface area contributed by atoms with E-state index in [2.05, 4.69) is 27.2 Å². The van der Waals surface area contributed by atoms with Crippen molar-refractivity contribution in [1.82, 2.24) is 9.78 Å². The van der Waals surface area contributed by atoms with E-state index in [9.17, 15) is 0 Å². The molecule has 90 valence electrons. The lowest BCUT2D eigenvalue weighted by atomic mass is 9.77. The van der Waals surface area contributed by atoms with Crippen molar-refractivity contribution in [3.63, 3.8) is 0 Å². The zero-order chi connectivity index (χ0) is 11.4. The average molecular weight is 303 g/mol. The number of aromatic nitrogens is 2. The number of rotatable bonds is 4. The molecule has 2 nitrogen and oxygen atoms in total. The van der Waals surface area contributed by atoms with Crippen molar-refractivity contribution in [2.75, 3.05) is 11.1 Å². The molecule has 1 aromatic heterocycles. The van der Waals surface area contributed by atoms with E-state index in [0.29, 0.717) is 5.41 Å². The van der Waals surface area contributed by atoms with E-state index >= 15 is 0 Å². The van der Waals surface area contributed by atoms with Gasteiger partial charge in [0.1, 0.15) is 0 Å². The van der Waals surface area contributed by atoms with E-state index in [-0.39, 0.29) is 0 Å². The van der Waals surface area contributed by atoms with Crippen LogP contribution in [-0.4, -0.2) is 20.9 Å². The summed E-state index contributed by atoms with van der Waals surface area (Å²) >= 11 is 5.67. The average Bonchev–Trinajstić information content (AvgIpc) is 2.74. The highest BCUT2D eigenvalue weighted by molar-refractivity contribution is 9.09. The van der Waals surface area contributed by atoms with Gasteiger partial charge < -0.3 is 0 Å². The summed E-state index contributed by atoms with van der Waals surface area (Å²) in [5, 5.41) is 5.36. The predicted molar refractivity (Wildman–Crippen MR) is 73.2 cm³/mol. The summed E-state index contributed by atoms with van der Waals surface area (Å²) < 4.78 is 1.88. The molecule has 0 aromatic carbocycles. The van der Waals surface area contributed by atoms with Crippen LogP contribution in [0.4, 0.5) is 0 Å². The highest BCUT2D eigenvalue weighted by Gasteiger charge is 2.30. The second kappa shape index (κ2) is 5.58. The van der Waals surface area contributed by atoms with Gasteiger partial charge in [0.15, 0.2) is 0 Å². The number of hydrogen-bond acceptors (Lipinski definition) is 2. The fourth-order valence-electron chi connectivity index (χ4n) is 2.33. The van der Waals surface area contributed by atoms with Gasteiger partial charge in [-0.25, -0.2) is 0 Å². The van der Waals surface area contributed by atoms with Crippen LogP contribution in [0.25, 0.3) is 0 Å². The van der Waals surface area contributed by atoms with Gasteiger partial charge in [0.25, 0.3) is 0 Å². The minimum atomic E-state index is 0.527. The van der Waals surface area contributed by atoms with E-state index in [1.54, 1.807) is 0 Å². The summed E-state index contributed by atoms with van der Waals surface area (Å²) in [6.45, 7) is 0. The van der Waals surface area contributed by atoms with Gasteiger partial charge in [-0.05, 0) is 18.3 Å². The van der Waals surface area contributed by atoms with Gasteiger partial charge in [-0.2, -0.15) is 5.10 Å². The molecule has 0 amide bonds. The first-order chi connectivity index (χ1) is 7.74. The molecule has 1 heterocycles. The number of nitrogens with zero attached hydrogens (tertiary/aromatic N) is 2. The smallest absolute Gasteiger partial charge is 0.0625 e. The lowest BCUT2D eigenvalue weighted by Gasteiger charge is -2.35. The van der Waals surface area contributed by atoms with Gasteiger partial charge in [0.05, 0.1) is 6.20 Å². The second-order valence-electron chi connectivity index (χ2n) is 4.83. The molecule has 4 heteroatoms. The molecule has 0 atom stereocenters. The molecule has 0 saturated heterocycles. The Balaban J connectivity index is 1.91. The molecule has 0 unspecified atom stereocenters. The Hall–Kier alpha value is 0.0400. The molecule has 2 rings (SSSR count). The van der Waals surface area contributed by atoms with Crippen LogP contribution in [0, 0.1) is 5.41 Å². The van der Waals surface area contributed by atoms with Crippen molar-refractivity contribution < 1.29 is 0 Å². The molecule has 0 spiro atoms. The molecule has 1 saturated carbocycles. The molecule has 0 aliphatic heterocycles. The summed E-state index contributed by atoms with van der Waals surface area (Å²) in [6, 6.07) is 0. The van der Waals surface area contributed by atoms with Gasteiger partial charge >= 0.3 is 0 Å². The summed E-state index contributed by atoms with van der Waals surface area (Å²) in [5.74, 6) is 1.23. The third kappa shape index (κ3) is 3.04. The highest BCUT2D eigenvalue weighted by Crippen LogP contribution is 2.41. The monoisotopic (exact) mass is 302 g/mol. The minimum absolute atomic E-state index is 0.527. The van der Waals surface area contributed by atoms with Crippen molar-refractivity contribution in [3.8, 4) is 0 Å². The van der Waals surface area contributed by atoms with Crippen LogP contribution in [0.2, 0.25) is 0 Å². The molecule has 1 aliphatic rings. The quantitative estimate of drug-likeness (QED) is 0.621. The molecule has 16 heavy (non-hydrogen) atoms. The van der Waals surface area contributed by atoms with E-state index in [1.165, 1.54) is 42.8 Å². The van der Waals surface area contributed by atoms with Crippen molar-refractivity contribution in [2.24, 2.45) is 12.5 Å². The van der Waals surface area contributed by atoms with Crippen LogP contribution < -0.4 is 0 Å². The fraction of sp³-hybridized carbons (Fsp3) is 0.750. The molecule has 1 aliphatic carbocycles. The Morgan fingerprint density at radius 1 is 1.44 bits per heavy atom. The molecule has 1 aromatic rings. The normalized spacial score (nSPS) is 19.9. The Labute approximate surface area is 110 Å². The summed E-state index contributed by atoms with van der Waals surface area (Å²) in [4.78, 5) is 1.30. The number of thioether (sulfide) groups is 1. The Morgan fingerprint density at radius 2 is 2.19 bits per heavy atom. The summed E-state index contributed by atoms with van der Waals surface area (Å²) in [5.41, 5.74) is 0.527. The van der Waals surface area contributed by atoms with Crippen LogP contribution in [0.5, 0.6) is 0 Å². The summed E-state index contributed by atoms with van der Waals surface area (Å²) in [7, 11) is 1.98. The van der Waals surface area contributed by atoms with Crippen LogP contribution in [0.3, 0.4) is 0 Å².